The SMILES string of the molecule is Cc1ccc(-c2[c-]cccc2)nc1.Cc1ccnc(-c2[c-]ccc3c2oc2c(C(C)C)ccnc23)c1.[2H]C([2H])([2H])c1ccc(-c2[c-]cccc2)nc1.[2H]C([2H])([2H])c1cnc(-c2[c-]cccc2)cc1C([2H])([2H])[2H].[Ir].[Ir].[Ir].[Ir].[c-]1cc2c(cc1-c1ccccn1)oc1cccnc12.[c-]1ccccc1-c1ccccn1.[c-]1nc2c(cc1-c1ccccn1)oc1ccccc12.[c-]1nc2c(cc1-c1ccccn1)oc1ccccc12. The standard InChI is InChI=1S/C20H17N2O.3C16H9N2O.C13H12N.2C12H10N.C11H8N.4Ir/c1-12(2)14-8-10-22-18-16-6-4-5-15(19(16)23-20(14)18)17-11-13(3)7-9-21-17;2*1-2-7-14-12(5-1)16-15(19-14)9-11(10-18-16)13-6-3-4-8-17-13;1-2-8-17-13(4-1)11-6-7-12-15(10-11)19-14-5-3-9-18-16(12)14;1-10-8-13(14-9-11(10)2)12-6-4-3-5-7-12;2*1-10-7-8-12(13-9-10)11-5-3-2-4-6-11;1-2-6-10(7-3-1)11-8-4-5-9-12-11;;;;/h4,6-12H,1-3H3;2*1-9H;1-5,7-10H;3-6,8-9H,1-2H3;2*2-5,7-9H,1H3;1-6,8-9H;;;;/q8*-1;;;;/i;;;;1D3,2D3;1D3;;;;;;. The minimum absolute atomic E-state index is 0. The molecule has 0 N–H and O–H groups in total. The molecule has 0 atom stereocenters. The summed E-state index contributed by atoms with van der Waals surface area (Å²) in [5.74, 6) is 0.380. The maximum atomic E-state index is 7.50. The minimum Gasteiger partial charge on any atom is -0.499 e. The second-order valence-electron chi connectivity index (χ2n) is 30.1. The molecule has 0 saturated heterocycles. The molecule has 0 aliphatic heterocycles. The molecule has 16 heterocycles. The van der Waals surface area contributed by atoms with Gasteiger partial charge in [0.15, 0.2) is 0 Å². The number of nitrogens with zero attached hydrogens (tertiary/aromatic N) is 12. The predicted octanol–water partition coefficient (Wildman–Crippen LogP) is 28.2. The van der Waals surface area contributed by atoms with E-state index in [1.54, 1.807) is 73.4 Å². The number of rotatable bonds is 9. The largest absolute Gasteiger partial charge is 0.499 e. The van der Waals surface area contributed by atoms with Crippen LogP contribution >= 0.6 is 0 Å². The maximum Gasteiger partial charge on any atom is 0.142 e. The average Bonchev–Trinajstić information content (AvgIpc) is 1.63. The van der Waals surface area contributed by atoms with Crippen molar-refractivity contribution < 1.29 is 110 Å². The summed E-state index contributed by atoms with van der Waals surface area (Å²) in [5, 5.41) is 4.03. The topological polar surface area (TPSA) is 207 Å². The van der Waals surface area contributed by atoms with E-state index >= 15 is 0 Å². The fourth-order valence-electron chi connectivity index (χ4n) is 14.1. The number of para-hydroxylation sites is 2. The van der Waals surface area contributed by atoms with Crippen LogP contribution in [0.15, 0.2) is 395 Å². The molecule has 0 saturated carbocycles. The minimum atomic E-state index is -2.50. The quantitative estimate of drug-likeness (QED) is 0.123. The maximum absolute atomic E-state index is 7.50. The van der Waals surface area contributed by atoms with E-state index in [1.807, 2.05) is 280 Å². The van der Waals surface area contributed by atoms with E-state index in [1.165, 1.54) is 23.4 Å². The summed E-state index contributed by atoms with van der Waals surface area (Å²) in [6.45, 7) is 1.32. The van der Waals surface area contributed by atoms with Gasteiger partial charge in [-0.15, -0.1) is 191 Å². The molecule has 4 radical (unpaired) electrons. The third-order valence-corrected chi connectivity index (χ3v) is 20.6. The van der Waals surface area contributed by atoms with Gasteiger partial charge in [-0.05, 0) is 192 Å². The zero-order chi connectivity index (χ0) is 97.8. The number of furan rings is 4. The molecule has 0 spiro atoms. The third-order valence-electron chi connectivity index (χ3n) is 20.6. The Kier molecular flexibility index (Phi) is 30.8. The normalized spacial score (nSPS) is 11.7. The number of benzene rings is 8. The van der Waals surface area contributed by atoms with Gasteiger partial charge in [0.05, 0.1) is 33.4 Å². The van der Waals surface area contributed by atoms with Gasteiger partial charge in [0.2, 0.25) is 0 Å². The van der Waals surface area contributed by atoms with Crippen LogP contribution in [-0.2, 0) is 80.4 Å². The molecule has 0 amide bonds. The first-order chi connectivity index (χ1) is 68.5. The average molecular weight is 2490 g/mol. The molecule has 16 aromatic heterocycles. The molecule has 136 heavy (non-hydrogen) atoms. The Morgan fingerprint density at radius 1 is 0.265 bits per heavy atom. The zero-order valence-electron chi connectivity index (χ0n) is 82.2. The van der Waals surface area contributed by atoms with Crippen molar-refractivity contribution in [3.05, 3.63) is 460 Å². The molecule has 20 heteroatoms. The zero-order valence-corrected chi connectivity index (χ0v) is 82.8. The Balaban J connectivity index is 0.000000139. The van der Waals surface area contributed by atoms with Gasteiger partial charge in [0.1, 0.15) is 22.3 Å². The van der Waals surface area contributed by atoms with Crippen molar-refractivity contribution in [2.45, 2.75) is 54.2 Å². The summed E-state index contributed by atoms with van der Waals surface area (Å²) >= 11 is 0. The van der Waals surface area contributed by atoms with Gasteiger partial charge in [0, 0.05) is 177 Å². The number of aromatic nitrogens is 12. The van der Waals surface area contributed by atoms with E-state index < -0.39 is 20.6 Å². The van der Waals surface area contributed by atoms with Crippen LogP contribution in [0.5, 0.6) is 0 Å². The molecule has 24 aromatic rings. The second-order valence-corrected chi connectivity index (χ2v) is 30.1. The van der Waals surface area contributed by atoms with E-state index in [9.17, 15) is 0 Å². The molecule has 676 valence electrons. The van der Waals surface area contributed by atoms with Crippen LogP contribution in [0.2, 0.25) is 0 Å². The van der Waals surface area contributed by atoms with Gasteiger partial charge in [-0.1, -0.05) is 170 Å². The van der Waals surface area contributed by atoms with Crippen molar-refractivity contribution in [1.82, 2.24) is 59.8 Å². The van der Waals surface area contributed by atoms with Gasteiger partial charge in [-0.3, -0.25) is 9.97 Å². The Morgan fingerprint density at radius 2 is 0.713 bits per heavy atom. The second kappa shape index (κ2) is 48.3. The number of hydrogen-bond acceptors (Lipinski definition) is 16. The third kappa shape index (κ3) is 24.7. The van der Waals surface area contributed by atoms with Crippen LogP contribution in [0.1, 0.15) is 65.5 Å². The summed E-state index contributed by atoms with van der Waals surface area (Å²) in [5.41, 5.74) is 26.9. The van der Waals surface area contributed by atoms with Crippen LogP contribution in [0.25, 0.3) is 178 Å². The van der Waals surface area contributed by atoms with Gasteiger partial charge in [-0.2, -0.15) is 0 Å². The van der Waals surface area contributed by atoms with E-state index in [4.69, 9.17) is 30.0 Å². The number of aryl methyl sites for hydroxylation is 5. The summed E-state index contributed by atoms with van der Waals surface area (Å²) in [6.07, 6.45) is 23.0. The van der Waals surface area contributed by atoms with E-state index in [0.29, 0.717) is 17.2 Å². The van der Waals surface area contributed by atoms with Crippen molar-refractivity contribution in [1.29, 1.82) is 0 Å². The Labute approximate surface area is 855 Å². The Bertz CT molecular complexity index is 7910. The van der Waals surface area contributed by atoms with Gasteiger partial charge < -0.3 is 67.5 Å². The molecule has 24 rings (SSSR count). The Hall–Kier alpha value is -14.6. The Morgan fingerprint density at radius 3 is 1.21 bits per heavy atom. The first-order valence-corrected chi connectivity index (χ1v) is 42.2. The molecule has 0 bridgehead atoms. The van der Waals surface area contributed by atoms with Crippen LogP contribution in [-0.4, -0.2) is 59.8 Å². The predicted molar refractivity (Wildman–Crippen MR) is 526 cm³/mol. The fraction of sp³-hybridized carbons (Fsp3) is 0.0690. The summed E-state index contributed by atoms with van der Waals surface area (Å²) in [4.78, 5) is 51.8. The molecule has 8 aromatic carbocycles. The molecular formula is C116H84Ir4N12O4-8. The van der Waals surface area contributed by atoms with E-state index in [-0.39, 0.29) is 97.1 Å². The van der Waals surface area contributed by atoms with Crippen LogP contribution < -0.4 is 0 Å². The van der Waals surface area contributed by atoms with E-state index in [2.05, 4.69) is 142 Å². The first-order valence-electron chi connectivity index (χ1n) is 46.7. The van der Waals surface area contributed by atoms with Crippen molar-refractivity contribution in [2.75, 3.05) is 0 Å². The first kappa shape index (κ1) is 86.7. The molecule has 0 aliphatic carbocycles. The molecular weight excluding hydrogens is 2390 g/mol. The smallest absolute Gasteiger partial charge is 0.142 e. The van der Waals surface area contributed by atoms with Gasteiger partial charge in [0.25, 0.3) is 0 Å². The van der Waals surface area contributed by atoms with Crippen molar-refractivity contribution in [3.63, 3.8) is 0 Å². The summed E-state index contributed by atoms with van der Waals surface area (Å²) in [6, 6.07) is 118. The van der Waals surface area contributed by atoms with Crippen molar-refractivity contribution in [2.24, 2.45) is 0 Å². The van der Waals surface area contributed by atoms with E-state index in [0.717, 1.165) is 179 Å². The molecule has 0 aliphatic rings. The monoisotopic (exact) mass is 2490 g/mol. The number of fused-ring (bicyclic) bond motifs is 12. The van der Waals surface area contributed by atoms with Gasteiger partial charge >= 0.3 is 0 Å². The molecule has 0 fully saturated rings. The molecule has 16 nitrogen and oxygen atoms in total. The van der Waals surface area contributed by atoms with Crippen LogP contribution in [0, 0.1) is 83.2 Å². The number of hydrogen-bond donors (Lipinski definition) is 0. The molecule has 0 unspecified atom stereocenters. The summed E-state index contributed by atoms with van der Waals surface area (Å²) in [7, 11) is 0. The van der Waals surface area contributed by atoms with Crippen molar-refractivity contribution in [3.8, 4) is 90.1 Å². The van der Waals surface area contributed by atoms with Crippen LogP contribution in [0.3, 0.4) is 0 Å². The number of pyridine rings is 12. The summed E-state index contributed by atoms with van der Waals surface area (Å²) < 4.78 is 90.1. The van der Waals surface area contributed by atoms with Crippen molar-refractivity contribution >= 4 is 88.3 Å². The fourth-order valence-corrected chi connectivity index (χ4v) is 14.1. The van der Waals surface area contributed by atoms with Crippen LogP contribution in [0.4, 0.5) is 0 Å². The van der Waals surface area contributed by atoms with Gasteiger partial charge in [-0.25, -0.2) is 0 Å².